The van der Waals surface area contributed by atoms with Crippen molar-refractivity contribution >= 4 is 29.0 Å². The minimum Gasteiger partial charge on any atom is -0.383 e. The van der Waals surface area contributed by atoms with Gasteiger partial charge in [-0.1, -0.05) is 23.2 Å². The Morgan fingerprint density at radius 3 is 2.72 bits per heavy atom. The highest BCUT2D eigenvalue weighted by Gasteiger charge is 2.19. The average Bonchev–Trinajstić information content (AvgIpc) is 2.75. The van der Waals surface area contributed by atoms with Crippen molar-refractivity contribution in [3.63, 3.8) is 0 Å². The maximum Gasteiger partial charge on any atom is 0.142 e. The second kappa shape index (κ2) is 8.36. The fraction of sp³-hybridized carbons (Fsp3) is 0.190. The number of ether oxygens (including phenoxy) is 1. The Balaban J connectivity index is 1.76. The summed E-state index contributed by atoms with van der Waals surface area (Å²) < 4.78 is 5.74. The van der Waals surface area contributed by atoms with E-state index in [0.717, 1.165) is 24.3 Å². The number of hydrogen-bond donors (Lipinski definition) is 2. The number of halogens is 2. The first-order chi connectivity index (χ1) is 14.1. The molecule has 1 atom stereocenters. The Labute approximate surface area is 178 Å². The number of aromatic nitrogens is 2. The molecule has 0 radical (unpaired) electrons. The maximum absolute atomic E-state index is 9.58. The lowest BCUT2D eigenvalue weighted by atomic mass is 9.98. The Kier molecular flexibility index (Phi) is 5.65. The van der Waals surface area contributed by atoms with E-state index < -0.39 is 0 Å². The van der Waals surface area contributed by atoms with Gasteiger partial charge in [-0.05, 0) is 36.4 Å². The molecule has 29 heavy (non-hydrogen) atoms. The fourth-order valence-corrected chi connectivity index (χ4v) is 3.64. The van der Waals surface area contributed by atoms with Crippen LogP contribution in [0.3, 0.4) is 0 Å². The molecule has 3 N–H and O–H groups in total. The molecule has 4 rings (SSSR count). The van der Waals surface area contributed by atoms with Gasteiger partial charge in [0.05, 0.1) is 18.0 Å². The number of anilines is 1. The number of nitrogens with zero attached hydrogens (tertiary/aromatic N) is 3. The van der Waals surface area contributed by atoms with E-state index in [9.17, 15) is 5.26 Å². The van der Waals surface area contributed by atoms with Crippen LogP contribution in [0.5, 0.6) is 0 Å². The highest BCUT2D eigenvalue weighted by Crippen LogP contribution is 2.36. The Bertz CT molecular complexity index is 1090. The number of nitrogens with two attached hydrogens (primary N) is 1. The van der Waals surface area contributed by atoms with Crippen LogP contribution in [0, 0.1) is 11.3 Å². The van der Waals surface area contributed by atoms with Gasteiger partial charge in [-0.25, -0.2) is 4.98 Å². The third-order valence-corrected chi connectivity index (χ3v) is 5.28. The molecule has 1 saturated heterocycles. The average molecular weight is 426 g/mol. The van der Waals surface area contributed by atoms with Crippen LogP contribution in [0.25, 0.3) is 22.4 Å². The summed E-state index contributed by atoms with van der Waals surface area (Å²) in [5, 5.41) is 13.9. The van der Waals surface area contributed by atoms with E-state index in [-0.39, 0.29) is 17.5 Å². The van der Waals surface area contributed by atoms with Crippen molar-refractivity contribution < 1.29 is 4.74 Å². The number of nitrogens with one attached hydrogen (secondary N) is 1. The number of benzene rings is 1. The van der Waals surface area contributed by atoms with Crippen molar-refractivity contribution in [3.05, 3.63) is 63.9 Å². The molecule has 6 nitrogen and oxygen atoms in total. The number of rotatable bonds is 3. The van der Waals surface area contributed by atoms with Gasteiger partial charge in [0.15, 0.2) is 0 Å². The van der Waals surface area contributed by atoms with Crippen molar-refractivity contribution in [1.29, 1.82) is 5.26 Å². The Morgan fingerprint density at radius 2 is 2.03 bits per heavy atom. The molecule has 0 bridgehead atoms. The van der Waals surface area contributed by atoms with Gasteiger partial charge >= 0.3 is 0 Å². The van der Waals surface area contributed by atoms with Crippen LogP contribution < -0.4 is 11.1 Å². The summed E-state index contributed by atoms with van der Waals surface area (Å²) in [7, 11) is 0. The molecule has 3 aromatic rings. The normalized spacial score (nSPS) is 16.4. The number of nitriles is 1. The van der Waals surface area contributed by atoms with Gasteiger partial charge in [-0.2, -0.15) is 5.26 Å². The van der Waals surface area contributed by atoms with Crippen LogP contribution in [-0.4, -0.2) is 29.7 Å². The molecule has 1 aromatic carbocycles. The summed E-state index contributed by atoms with van der Waals surface area (Å²) in [6.07, 6.45) is 1.66. The summed E-state index contributed by atoms with van der Waals surface area (Å²) in [5.74, 6) is 0.125. The van der Waals surface area contributed by atoms with Crippen LogP contribution in [0.4, 0.5) is 5.82 Å². The van der Waals surface area contributed by atoms with E-state index in [1.807, 2.05) is 12.1 Å². The largest absolute Gasteiger partial charge is 0.383 e. The minimum atomic E-state index is -0.0716. The molecular formula is C21H17Cl2N5O. The van der Waals surface area contributed by atoms with Gasteiger partial charge in [-0.3, -0.25) is 4.98 Å². The topological polar surface area (TPSA) is 96.8 Å². The number of morpholine rings is 1. The van der Waals surface area contributed by atoms with E-state index in [1.54, 1.807) is 30.5 Å². The molecule has 1 aliphatic heterocycles. The van der Waals surface area contributed by atoms with Crippen LogP contribution in [0.2, 0.25) is 10.0 Å². The van der Waals surface area contributed by atoms with E-state index in [0.29, 0.717) is 33.5 Å². The summed E-state index contributed by atoms with van der Waals surface area (Å²) in [6, 6.07) is 12.8. The third-order valence-electron chi connectivity index (χ3n) is 4.72. The van der Waals surface area contributed by atoms with Crippen LogP contribution in [0.1, 0.15) is 17.4 Å². The minimum absolute atomic E-state index is 0.0716. The van der Waals surface area contributed by atoms with Crippen LogP contribution >= 0.6 is 23.2 Å². The highest BCUT2D eigenvalue weighted by molar-refractivity contribution is 6.35. The predicted molar refractivity (Wildman–Crippen MR) is 114 cm³/mol. The Morgan fingerprint density at radius 1 is 1.17 bits per heavy atom. The lowest BCUT2D eigenvalue weighted by molar-refractivity contribution is 0.0250. The SMILES string of the molecule is N#Cc1c(-c2cc(Cl)ccc2Cl)cc(-c2ccc(C3CNCCO3)nc2)nc1N. The first kappa shape index (κ1) is 19.6. The molecular weight excluding hydrogens is 409 g/mol. The van der Waals surface area contributed by atoms with Crippen molar-refractivity contribution in [3.8, 4) is 28.5 Å². The summed E-state index contributed by atoms with van der Waals surface area (Å²) in [6.45, 7) is 2.23. The monoisotopic (exact) mass is 425 g/mol. The molecule has 0 spiro atoms. The van der Waals surface area contributed by atoms with Crippen molar-refractivity contribution in [2.75, 3.05) is 25.4 Å². The second-order valence-electron chi connectivity index (χ2n) is 6.59. The first-order valence-electron chi connectivity index (χ1n) is 9.01. The summed E-state index contributed by atoms with van der Waals surface area (Å²) in [5.41, 5.74) is 9.75. The highest BCUT2D eigenvalue weighted by atomic mass is 35.5. The van der Waals surface area contributed by atoms with Crippen molar-refractivity contribution in [2.45, 2.75) is 6.10 Å². The fourth-order valence-electron chi connectivity index (χ4n) is 3.25. The molecule has 2 aromatic heterocycles. The van der Waals surface area contributed by atoms with Gasteiger partial charge in [-0.15, -0.1) is 0 Å². The van der Waals surface area contributed by atoms with Gasteiger partial charge in [0.25, 0.3) is 0 Å². The van der Waals surface area contributed by atoms with E-state index in [1.165, 1.54) is 0 Å². The van der Waals surface area contributed by atoms with Gasteiger partial charge in [0.1, 0.15) is 23.6 Å². The Hall–Kier alpha value is -2.69. The van der Waals surface area contributed by atoms with Crippen molar-refractivity contribution in [2.24, 2.45) is 0 Å². The maximum atomic E-state index is 9.58. The van der Waals surface area contributed by atoms with Crippen LogP contribution in [-0.2, 0) is 4.74 Å². The predicted octanol–water partition coefficient (Wildman–Crippen LogP) is 4.23. The quantitative estimate of drug-likeness (QED) is 0.651. The van der Waals surface area contributed by atoms with Gasteiger partial charge in [0, 0.05) is 46.0 Å². The molecule has 0 aliphatic carbocycles. The third kappa shape index (κ3) is 4.04. The van der Waals surface area contributed by atoms with Gasteiger partial charge in [0.2, 0.25) is 0 Å². The molecule has 8 heteroatoms. The van der Waals surface area contributed by atoms with E-state index in [4.69, 9.17) is 33.7 Å². The number of pyridine rings is 2. The smallest absolute Gasteiger partial charge is 0.142 e. The lowest BCUT2D eigenvalue weighted by Crippen LogP contribution is -2.33. The zero-order valence-corrected chi connectivity index (χ0v) is 16.8. The lowest BCUT2D eigenvalue weighted by Gasteiger charge is -2.23. The second-order valence-corrected chi connectivity index (χ2v) is 7.43. The van der Waals surface area contributed by atoms with E-state index >= 15 is 0 Å². The molecule has 1 unspecified atom stereocenters. The molecule has 146 valence electrons. The van der Waals surface area contributed by atoms with E-state index in [2.05, 4.69) is 21.4 Å². The standard InChI is InChI=1S/C21H17Cl2N5O/c22-13-2-3-17(23)15(7-13)14-8-19(28-21(25)16(14)9-24)12-1-4-18(27-10-12)20-11-26-5-6-29-20/h1-4,7-8,10,20,26H,5-6,11H2,(H2,25,28). The zero-order valence-electron chi connectivity index (χ0n) is 15.3. The molecule has 3 heterocycles. The molecule has 0 saturated carbocycles. The summed E-state index contributed by atoms with van der Waals surface area (Å²) in [4.78, 5) is 8.92. The first-order valence-corrected chi connectivity index (χ1v) is 9.77. The molecule has 1 fully saturated rings. The molecule has 0 amide bonds. The summed E-state index contributed by atoms with van der Waals surface area (Å²) >= 11 is 12.5. The number of nitrogen functional groups attached to an aromatic ring is 1. The zero-order chi connectivity index (χ0) is 20.4. The van der Waals surface area contributed by atoms with Crippen LogP contribution in [0.15, 0.2) is 42.6 Å². The van der Waals surface area contributed by atoms with Gasteiger partial charge < -0.3 is 15.8 Å². The molecule has 1 aliphatic rings. The number of hydrogen-bond acceptors (Lipinski definition) is 6. The van der Waals surface area contributed by atoms with Crippen molar-refractivity contribution in [1.82, 2.24) is 15.3 Å².